The summed E-state index contributed by atoms with van der Waals surface area (Å²) in [6, 6.07) is 1.54. The fourth-order valence-corrected chi connectivity index (χ4v) is 1.83. The number of aryl methyl sites for hydroxylation is 1. The molecule has 3 N–H and O–H groups in total. The van der Waals surface area contributed by atoms with Gasteiger partial charge in [-0.15, -0.1) is 0 Å². The molecule has 6 heteroatoms. The topological polar surface area (TPSA) is 87.0 Å². The number of carboxylic acids is 1. The Morgan fingerprint density at radius 2 is 2.12 bits per heavy atom. The summed E-state index contributed by atoms with van der Waals surface area (Å²) in [6.07, 6.45) is -1.80. The van der Waals surface area contributed by atoms with Crippen LogP contribution in [0.5, 0.6) is 11.5 Å². The van der Waals surface area contributed by atoms with Gasteiger partial charge in [-0.05, 0) is 34.5 Å². The molecule has 1 aromatic rings. The maximum Gasteiger partial charge on any atom is 0.337 e. The number of benzene rings is 1. The van der Waals surface area contributed by atoms with Crippen LogP contribution in [0.25, 0.3) is 0 Å². The van der Waals surface area contributed by atoms with E-state index >= 15 is 0 Å². The predicted octanol–water partition coefficient (Wildman–Crippen LogP) is 1.59. The number of phenolic OH excluding ortho intramolecular Hbond substituents is 1. The molecule has 0 saturated heterocycles. The highest BCUT2D eigenvalue weighted by molar-refractivity contribution is 9.10. The van der Waals surface area contributed by atoms with Gasteiger partial charge in [0.25, 0.3) is 0 Å². The van der Waals surface area contributed by atoms with E-state index in [-0.39, 0.29) is 17.1 Å². The Morgan fingerprint density at radius 3 is 2.56 bits per heavy atom. The second-order valence-electron chi connectivity index (χ2n) is 3.21. The van der Waals surface area contributed by atoms with Crippen LogP contribution in [0.2, 0.25) is 0 Å². The van der Waals surface area contributed by atoms with Crippen LogP contribution in [0.15, 0.2) is 10.5 Å². The van der Waals surface area contributed by atoms with E-state index in [1.165, 1.54) is 13.2 Å². The van der Waals surface area contributed by atoms with Gasteiger partial charge in [-0.25, -0.2) is 4.79 Å². The van der Waals surface area contributed by atoms with Gasteiger partial charge in [-0.2, -0.15) is 0 Å². The molecule has 0 bridgehead atoms. The van der Waals surface area contributed by atoms with Crippen molar-refractivity contribution >= 4 is 21.9 Å². The Morgan fingerprint density at radius 1 is 1.56 bits per heavy atom. The lowest BCUT2D eigenvalue weighted by atomic mass is 10.0. The SMILES string of the molecule is COc1cc(C)c(Br)c(C(O)C(=O)O)c1O. The molecule has 0 heterocycles. The number of hydrogen-bond donors (Lipinski definition) is 3. The number of rotatable bonds is 3. The van der Waals surface area contributed by atoms with Crippen LogP contribution in [0, 0.1) is 6.92 Å². The maximum atomic E-state index is 10.7. The molecule has 16 heavy (non-hydrogen) atoms. The van der Waals surface area contributed by atoms with Crippen molar-refractivity contribution in [3.8, 4) is 11.5 Å². The van der Waals surface area contributed by atoms with E-state index < -0.39 is 12.1 Å². The quantitative estimate of drug-likeness (QED) is 0.787. The number of aliphatic hydroxyl groups excluding tert-OH is 1. The van der Waals surface area contributed by atoms with Crippen LogP contribution < -0.4 is 4.74 Å². The average molecular weight is 291 g/mol. The third-order valence-corrected chi connectivity index (χ3v) is 3.20. The molecule has 1 unspecified atom stereocenters. The molecule has 1 aromatic carbocycles. The molecule has 0 aliphatic heterocycles. The van der Waals surface area contributed by atoms with Gasteiger partial charge >= 0.3 is 5.97 Å². The first-order valence-corrected chi connectivity index (χ1v) is 5.16. The van der Waals surface area contributed by atoms with Gasteiger partial charge in [0, 0.05) is 4.47 Å². The minimum atomic E-state index is -1.80. The number of carbonyl (C=O) groups is 1. The number of aliphatic carboxylic acids is 1. The van der Waals surface area contributed by atoms with Gasteiger partial charge in [0.2, 0.25) is 0 Å². The van der Waals surface area contributed by atoms with Crippen molar-refractivity contribution in [3.05, 3.63) is 21.7 Å². The van der Waals surface area contributed by atoms with E-state index in [4.69, 9.17) is 9.84 Å². The Hall–Kier alpha value is -1.27. The lowest BCUT2D eigenvalue weighted by Crippen LogP contribution is -2.12. The maximum absolute atomic E-state index is 10.7. The number of hydrogen-bond acceptors (Lipinski definition) is 4. The molecular formula is C10H11BrO5. The van der Waals surface area contributed by atoms with Crippen molar-refractivity contribution in [2.45, 2.75) is 13.0 Å². The molecule has 5 nitrogen and oxygen atoms in total. The Bertz CT molecular complexity index is 430. The fourth-order valence-electron chi connectivity index (χ4n) is 1.31. The van der Waals surface area contributed by atoms with Gasteiger partial charge in [0.15, 0.2) is 17.6 Å². The first-order valence-electron chi connectivity index (χ1n) is 4.37. The Balaban J connectivity index is 3.47. The highest BCUT2D eigenvalue weighted by atomic mass is 79.9. The van der Waals surface area contributed by atoms with E-state index in [1.54, 1.807) is 6.92 Å². The summed E-state index contributed by atoms with van der Waals surface area (Å²) in [6.45, 7) is 1.70. The van der Waals surface area contributed by atoms with Crippen molar-refractivity contribution in [2.75, 3.05) is 7.11 Å². The summed E-state index contributed by atoms with van der Waals surface area (Å²) in [5.74, 6) is -1.70. The van der Waals surface area contributed by atoms with E-state index in [1.807, 2.05) is 0 Å². The zero-order chi connectivity index (χ0) is 12.5. The van der Waals surface area contributed by atoms with Crippen molar-refractivity contribution in [1.82, 2.24) is 0 Å². The highest BCUT2D eigenvalue weighted by Gasteiger charge is 2.26. The second kappa shape index (κ2) is 4.71. The third-order valence-electron chi connectivity index (χ3n) is 2.15. The first kappa shape index (κ1) is 12.8. The molecule has 88 valence electrons. The molecule has 0 amide bonds. The van der Waals surface area contributed by atoms with Crippen molar-refractivity contribution in [2.24, 2.45) is 0 Å². The summed E-state index contributed by atoms with van der Waals surface area (Å²) >= 11 is 3.12. The minimum Gasteiger partial charge on any atom is -0.504 e. The second-order valence-corrected chi connectivity index (χ2v) is 4.01. The fraction of sp³-hybridized carbons (Fsp3) is 0.300. The third kappa shape index (κ3) is 2.12. The molecule has 1 atom stereocenters. The minimum absolute atomic E-state index is 0.107. The number of ether oxygens (including phenoxy) is 1. The molecule has 1 rings (SSSR count). The van der Waals surface area contributed by atoms with Gasteiger partial charge in [0.05, 0.1) is 12.7 Å². The number of aromatic hydroxyl groups is 1. The van der Waals surface area contributed by atoms with Crippen LogP contribution in [0.1, 0.15) is 17.2 Å². The standard InChI is InChI=1S/C10H11BrO5/c1-4-3-5(16-2)8(12)6(7(4)11)9(13)10(14)15/h3,9,12-13H,1-2H3,(H,14,15). The van der Waals surface area contributed by atoms with E-state index in [0.717, 1.165) is 0 Å². The Kier molecular flexibility index (Phi) is 3.77. The van der Waals surface area contributed by atoms with Crippen LogP contribution in [0.3, 0.4) is 0 Å². The molecule has 0 radical (unpaired) electrons. The zero-order valence-corrected chi connectivity index (χ0v) is 10.3. The van der Waals surface area contributed by atoms with Gasteiger partial charge in [-0.3, -0.25) is 0 Å². The molecule has 0 spiro atoms. The molecule has 0 aromatic heterocycles. The molecule has 0 saturated carbocycles. The molecule has 0 aliphatic rings. The smallest absolute Gasteiger partial charge is 0.337 e. The highest BCUT2D eigenvalue weighted by Crippen LogP contribution is 2.41. The Labute approximate surface area is 100 Å². The van der Waals surface area contributed by atoms with Crippen LogP contribution in [-0.4, -0.2) is 28.4 Å². The molecule has 0 fully saturated rings. The number of phenols is 1. The zero-order valence-electron chi connectivity index (χ0n) is 8.69. The lowest BCUT2D eigenvalue weighted by molar-refractivity contribution is -0.147. The summed E-state index contributed by atoms with van der Waals surface area (Å²) in [5.41, 5.74) is 0.550. The first-order chi connectivity index (χ1) is 7.40. The largest absolute Gasteiger partial charge is 0.504 e. The van der Waals surface area contributed by atoms with E-state index in [2.05, 4.69) is 15.9 Å². The van der Waals surface area contributed by atoms with Crippen molar-refractivity contribution < 1.29 is 24.9 Å². The number of halogens is 1. The van der Waals surface area contributed by atoms with Gasteiger partial charge < -0.3 is 20.1 Å². The van der Waals surface area contributed by atoms with Gasteiger partial charge in [-0.1, -0.05) is 0 Å². The van der Waals surface area contributed by atoms with E-state index in [0.29, 0.717) is 10.0 Å². The summed E-state index contributed by atoms with van der Waals surface area (Å²) in [5, 5.41) is 27.9. The molecular weight excluding hydrogens is 280 g/mol. The van der Waals surface area contributed by atoms with Crippen LogP contribution in [-0.2, 0) is 4.79 Å². The van der Waals surface area contributed by atoms with Crippen molar-refractivity contribution in [3.63, 3.8) is 0 Å². The monoisotopic (exact) mass is 290 g/mol. The predicted molar refractivity (Wildman–Crippen MR) is 59.7 cm³/mol. The van der Waals surface area contributed by atoms with E-state index in [9.17, 15) is 15.0 Å². The van der Waals surface area contributed by atoms with Gasteiger partial charge in [0.1, 0.15) is 0 Å². The summed E-state index contributed by atoms with van der Waals surface area (Å²) in [7, 11) is 1.35. The average Bonchev–Trinajstić information content (AvgIpc) is 2.23. The summed E-state index contributed by atoms with van der Waals surface area (Å²) < 4.78 is 5.22. The number of aliphatic hydroxyl groups is 1. The summed E-state index contributed by atoms with van der Waals surface area (Å²) in [4.78, 5) is 10.7. The molecule has 0 aliphatic carbocycles. The normalized spacial score (nSPS) is 12.2. The lowest BCUT2D eigenvalue weighted by Gasteiger charge is -2.15. The number of methoxy groups -OCH3 is 1. The van der Waals surface area contributed by atoms with Crippen LogP contribution >= 0.6 is 15.9 Å². The number of carboxylic acid groups (broad SMARTS) is 1. The van der Waals surface area contributed by atoms with Crippen molar-refractivity contribution in [1.29, 1.82) is 0 Å². The van der Waals surface area contributed by atoms with Crippen LogP contribution in [0.4, 0.5) is 0 Å².